The largest absolute Gasteiger partial charge is 0.573 e. The minimum Gasteiger partial charge on any atom is -0.403 e. The molecule has 2 aliphatic carbocycles. The standard InChI is InChI=1S/C26H23F4N5O4/c27-23-13(2-1-3-21(23)39-26(28,29)30)8-20(36)18-7-14-6-17(14)35(18)22(37)11-34-19-10-32-16(12-4-5-12)9-15(19)24(33-34)25(31)38/h1-3,9-10,12,14,17-18H,4-8,11H2,(H2,31,38)/t14-,17-,18+/m1/s1. The molecule has 0 spiro atoms. The molecular formula is C26H23F4N5O4. The van der Waals surface area contributed by atoms with Crippen molar-refractivity contribution in [2.24, 2.45) is 11.7 Å². The lowest BCUT2D eigenvalue weighted by atomic mass is 9.99. The van der Waals surface area contributed by atoms with Crippen LogP contribution in [0.3, 0.4) is 0 Å². The molecule has 3 atom stereocenters. The van der Waals surface area contributed by atoms with Crippen molar-refractivity contribution in [1.29, 1.82) is 0 Å². The lowest BCUT2D eigenvalue weighted by Crippen LogP contribution is -2.45. The Labute approximate surface area is 218 Å². The highest BCUT2D eigenvalue weighted by Gasteiger charge is 2.55. The van der Waals surface area contributed by atoms with E-state index in [1.165, 1.54) is 21.7 Å². The zero-order chi connectivity index (χ0) is 27.6. The minimum atomic E-state index is -5.08. The molecule has 2 saturated carbocycles. The molecule has 1 saturated heterocycles. The summed E-state index contributed by atoms with van der Waals surface area (Å²) < 4.78 is 57.5. The molecular weight excluding hydrogens is 522 g/mol. The number of aromatic nitrogens is 3. The maximum absolute atomic E-state index is 14.7. The van der Waals surface area contributed by atoms with Gasteiger partial charge in [0.05, 0.1) is 17.8 Å². The monoisotopic (exact) mass is 545 g/mol. The molecule has 3 aliphatic rings. The summed E-state index contributed by atoms with van der Waals surface area (Å²) in [6.07, 6.45) is -0.910. The number of pyridine rings is 1. The van der Waals surface area contributed by atoms with E-state index >= 15 is 0 Å². The van der Waals surface area contributed by atoms with Gasteiger partial charge in [0.1, 0.15) is 6.54 Å². The fourth-order valence-electron chi connectivity index (χ4n) is 5.51. The molecule has 2 aromatic heterocycles. The fraction of sp³-hybridized carbons (Fsp3) is 0.423. The van der Waals surface area contributed by atoms with Crippen LogP contribution in [0.1, 0.15) is 53.3 Å². The van der Waals surface area contributed by atoms with Gasteiger partial charge in [0.15, 0.2) is 23.0 Å². The van der Waals surface area contributed by atoms with E-state index in [0.717, 1.165) is 31.0 Å². The molecule has 3 aromatic rings. The molecule has 3 heterocycles. The Bertz CT molecular complexity index is 1520. The van der Waals surface area contributed by atoms with Gasteiger partial charge in [-0.2, -0.15) is 5.10 Å². The first kappa shape index (κ1) is 25.3. The lowest BCUT2D eigenvalue weighted by Gasteiger charge is -2.27. The second-order valence-corrected chi connectivity index (χ2v) is 10.3. The smallest absolute Gasteiger partial charge is 0.403 e. The molecule has 204 valence electrons. The van der Waals surface area contributed by atoms with Crippen LogP contribution in [-0.2, 0) is 22.6 Å². The second-order valence-electron chi connectivity index (χ2n) is 10.3. The van der Waals surface area contributed by atoms with E-state index < -0.39 is 48.0 Å². The molecule has 39 heavy (non-hydrogen) atoms. The Kier molecular flexibility index (Phi) is 5.84. The number of amides is 2. The summed E-state index contributed by atoms with van der Waals surface area (Å²) in [6.45, 7) is -0.273. The van der Waals surface area contributed by atoms with Crippen LogP contribution in [0.4, 0.5) is 17.6 Å². The van der Waals surface area contributed by atoms with Crippen LogP contribution >= 0.6 is 0 Å². The van der Waals surface area contributed by atoms with Crippen molar-refractivity contribution in [2.75, 3.05) is 0 Å². The zero-order valence-electron chi connectivity index (χ0n) is 20.4. The van der Waals surface area contributed by atoms with Gasteiger partial charge in [0.25, 0.3) is 5.91 Å². The molecule has 1 aromatic carbocycles. The number of piperidine rings is 1. The topological polar surface area (TPSA) is 120 Å². The first-order valence-corrected chi connectivity index (χ1v) is 12.5. The number of carbonyl (C=O) groups is 3. The second kappa shape index (κ2) is 9.02. The minimum absolute atomic E-state index is 0.0249. The van der Waals surface area contributed by atoms with Gasteiger partial charge in [-0.15, -0.1) is 13.2 Å². The van der Waals surface area contributed by atoms with Gasteiger partial charge in [-0.25, -0.2) is 4.39 Å². The van der Waals surface area contributed by atoms with E-state index in [1.54, 1.807) is 12.3 Å². The lowest BCUT2D eigenvalue weighted by molar-refractivity contribution is -0.275. The number of hydrogen-bond donors (Lipinski definition) is 1. The Morgan fingerprint density at radius 3 is 2.62 bits per heavy atom. The quantitative estimate of drug-likeness (QED) is 0.434. The summed E-state index contributed by atoms with van der Waals surface area (Å²) in [6, 6.07) is 3.96. The third-order valence-electron chi connectivity index (χ3n) is 7.57. The van der Waals surface area contributed by atoms with Crippen molar-refractivity contribution in [3.05, 3.63) is 53.2 Å². The van der Waals surface area contributed by atoms with Crippen molar-refractivity contribution in [3.8, 4) is 5.75 Å². The van der Waals surface area contributed by atoms with Crippen LogP contribution in [0.2, 0.25) is 0 Å². The van der Waals surface area contributed by atoms with Crippen LogP contribution in [-0.4, -0.2) is 55.7 Å². The highest BCUT2D eigenvalue weighted by molar-refractivity contribution is 6.04. The number of ether oxygens (including phenoxy) is 1. The maximum atomic E-state index is 14.7. The number of Topliss-reactive ketones (excluding diaryl/α,β-unsaturated/α-hetero) is 1. The number of carbonyl (C=O) groups excluding carboxylic acids is 3. The normalized spacial score (nSPS) is 22.2. The molecule has 13 heteroatoms. The molecule has 3 fully saturated rings. The van der Waals surface area contributed by atoms with Crippen LogP contribution in [0.15, 0.2) is 30.5 Å². The number of likely N-dealkylation sites (tertiary alicyclic amines) is 1. The van der Waals surface area contributed by atoms with E-state index in [-0.39, 0.29) is 29.8 Å². The summed E-state index contributed by atoms with van der Waals surface area (Å²) in [4.78, 5) is 44.6. The van der Waals surface area contributed by atoms with Gasteiger partial charge in [-0.1, -0.05) is 12.1 Å². The van der Waals surface area contributed by atoms with Crippen molar-refractivity contribution in [2.45, 2.75) is 63.0 Å². The van der Waals surface area contributed by atoms with Crippen LogP contribution in [0.25, 0.3) is 10.9 Å². The number of benzene rings is 1. The predicted octanol–water partition coefficient (Wildman–Crippen LogP) is 3.25. The number of rotatable bonds is 8. The number of hydrogen-bond acceptors (Lipinski definition) is 6. The van der Waals surface area contributed by atoms with Crippen molar-refractivity contribution < 1.29 is 36.7 Å². The molecule has 6 rings (SSSR count). The van der Waals surface area contributed by atoms with Crippen LogP contribution in [0.5, 0.6) is 5.75 Å². The van der Waals surface area contributed by atoms with E-state index in [1.807, 2.05) is 0 Å². The summed E-state index contributed by atoms with van der Waals surface area (Å²) in [7, 11) is 0. The van der Waals surface area contributed by atoms with Gasteiger partial charge in [-0.05, 0) is 49.3 Å². The number of primary amides is 1. The molecule has 2 amide bonds. The van der Waals surface area contributed by atoms with Crippen molar-refractivity contribution in [1.82, 2.24) is 19.7 Å². The van der Waals surface area contributed by atoms with Gasteiger partial charge in [0, 0.05) is 29.5 Å². The number of ketones is 1. The average molecular weight is 545 g/mol. The first-order chi connectivity index (χ1) is 18.5. The van der Waals surface area contributed by atoms with Gasteiger partial charge in [0.2, 0.25) is 5.91 Å². The number of nitrogens with zero attached hydrogens (tertiary/aromatic N) is 4. The molecule has 0 bridgehead atoms. The SMILES string of the molecule is NC(=O)c1nn(CC(=O)N2[C@@H]3C[C@@H]3C[C@H]2C(=O)Cc2cccc(OC(F)(F)F)c2F)c2cnc(C3CC3)cc12. The summed E-state index contributed by atoms with van der Waals surface area (Å²) in [5.74, 6) is -3.50. The highest BCUT2D eigenvalue weighted by Crippen LogP contribution is 2.48. The number of fused-ring (bicyclic) bond motifs is 2. The molecule has 2 N–H and O–H groups in total. The summed E-state index contributed by atoms with van der Waals surface area (Å²) in [5, 5.41) is 4.76. The molecule has 9 nitrogen and oxygen atoms in total. The number of alkyl halides is 3. The third kappa shape index (κ3) is 4.81. The Balaban J connectivity index is 1.22. The maximum Gasteiger partial charge on any atom is 0.573 e. The summed E-state index contributed by atoms with van der Waals surface area (Å²) >= 11 is 0. The van der Waals surface area contributed by atoms with Crippen molar-refractivity contribution in [3.63, 3.8) is 0 Å². The molecule has 0 unspecified atom stereocenters. The van der Waals surface area contributed by atoms with Gasteiger partial charge < -0.3 is 15.4 Å². The van der Waals surface area contributed by atoms with Gasteiger partial charge >= 0.3 is 6.36 Å². The third-order valence-corrected chi connectivity index (χ3v) is 7.57. The number of nitrogens with two attached hydrogens (primary N) is 1. The first-order valence-electron chi connectivity index (χ1n) is 12.5. The Morgan fingerprint density at radius 2 is 1.92 bits per heavy atom. The molecule has 1 aliphatic heterocycles. The van der Waals surface area contributed by atoms with E-state index in [0.29, 0.717) is 23.2 Å². The van der Waals surface area contributed by atoms with E-state index in [4.69, 9.17) is 5.73 Å². The summed E-state index contributed by atoms with van der Waals surface area (Å²) in [5.41, 5.74) is 6.59. The average Bonchev–Trinajstić information content (AvgIpc) is 3.79. The van der Waals surface area contributed by atoms with Gasteiger partial charge in [-0.3, -0.25) is 24.0 Å². The fourth-order valence-corrected chi connectivity index (χ4v) is 5.51. The van der Waals surface area contributed by atoms with E-state index in [9.17, 15) is 31.9 Å². The molecule has 0 radical (unpaired) electrons. The number of halogens is 4. The van der Waals surface area contributed by atoms with Crippen LogP contribution in [0, 0.1) is 11.7 Å². The zero-order valence-corrected chi connectivity index (χ0v) is 20.4. The van der Waals surface area contributed by atoms with Crippen LogP contribution < -0.4 is 10.5 Å². The Hall–Kier alpha value is -4.03. The highest BCUT2D eigenvalue weighted by atomic mass is 19.4. The van der Waals surface area contributed by atoms with Crippen molar-refractivity contribution >= 4 is 28.5 Å². The Morgan fingerprint density at radius 1 is 1.15 bits per heavy atom. The van der Waals surface area contributed by atoms with E-state index in [2.05, 4.69) is 14.8 Å². The predicted molar refractivity (Wildman–Crippen MR) is 127 cm³/mol.